The van der Waals surface area contributed by atoms with Crippen LogP contribution in [0.1, 0.15) is 105 Å². The topological polar surface area (TPSA) is 36.9 Å². The van der Waals surface area contributed by atoms with Crippen molar-refractivity contribution < 1.29 is 70.0 Å². The van der Waals surface area contributed by atoms with Crippen molar-refractivity contribution in [1.82, 2.24) is 0 Å². The molecule has 0 aromatic heterocycles. The summed E-state index contributed by atoms with van der Waals surface area (Å²) in [6.07, 6.45) is 0. The van der Waals surface area contributed by atoms with Crippen molar-refractivity contribution in [2.75, 3.05) is 0 Å². The molecular weight excluding hydrogens is 450 g/mol. The summed E-state index contributed by atoms with van der Waals surface area (Å²) in [5, 5.41) is 0. The summed E-state index contributed by atoms with van der Waals surface area (Å²) >= 11 is 0. The molecule has 180 valence electrons. The van der Waals surface area contributed by atoms with Crippen LogP contribution in [0.15, 0.2) is 24.3 Å². The van der Waals surface area contributed by atoms with Gasteiger partial charge in [-0.15, -0.1) is 0 Å². The molecule has 1 spiro atoms. The van der Waals surface area contributed by atoms with Crippen molar-refractivity contribution in [3.63, 3.8) is 0 Å². The zero-order valence-corrected chi connectivity index (χ0v) is 26.6. The average Bonchev–Trinajstić information content (AvgIpc) is 3.14. The zero-order valence-electron chi connectivity index (χ0n) is 23.5. The third kappa shape index (κ3) is 5.08. The molecule has 0 N–H and O–H groups in total. The van der Waals surface area contributed by atoms with Gasteiger partial charge in [-0.1, -0.05) is 95.2 Å². The summed E-state index contributed by atoms with van der Waals surface area (Å²) in [6.45, 7) is 23.9. The maximum absolute atomic E-state index is 6.45. The van der Waals surface area contributed by atoms with Gasteiger partial charge in [-0.2, -0.15) is 0 Å². The van der Waals surface area contributed by atoms with Gasteiger partial charge in [0.15, 0.2) is 0 Å². The Morgan fingerprint density at radius 1 is 0.471 bits per heavy atom. The molecule has 0 saturated heterocycles. The van der Waals surface area contributed by atoms with Crippen molar-refractivity contribution in [3.8, 4) is 23.0 Å². The van der Waals surface area contributed by atoms with Crippen LogP contribution in [0.2, 0.25) is 0 Å². The molecule has 0 amide bonds. The zero-order chi connectivity index (χ0) is 24.8. The van der Waals surface area contributed by atoms with Gasteiger partial charge in [-0.3, -0.25) is 0 Å². The van der Waals surface area contributed by atoms with E-state index in [9.17, 15) is 0 Å². The molecule has 0 saturated carbocycles. The van der Waals surface area contributed by atoms with Gasteiger partial charge in [0.05, 0.1) is 0 Å². The minimum atomic E-state index is -2.46. The molecule has 0 bridgehead atoms. The second-order valence-electron chi connectivity index (χ2n) is 13.8. The molecule has 2 aliphatic rings. The van der Waals surface area contributed by atoms with Crippen LogP contribution in [0.25, 0.3) is 0 Å². The van der Waals surface area contributed by atoms with E-state index in [2.05, 4.69) is 107 Å². The summed E-state index contributed by atoms with van der Waals surface area (Å²) < 4.78 is 25.7. The van der Waals surface area contributed by atoms with Gasteiger partial charge in [-0.25, -0.2) is 0 Å². The SMILES string of the molecule is CC(C)(C)c1cc2c(c(C(C)(C)C)c1)O[B-]1(O2)Oc2cc(C(C)(C)C)cc(C(C)(C)C)c2O1.[K+]. The van der Waals surface area contributed by atoms with Crippen LogP contribution in [0.3, 0.4) is 0 Å². The molecular formula is C28H40BKO4. The van der Waals surface area contributed by atoms with Crippen LogP contribution in [0, 0.1) is 0 Å². The molecule has 2 aliphatic heterocycles. The normalized spacial score (nSPS) is 16.6. The largest absolute Gasteiger partial charge is 1.00 e. The Morgan fingerprint density at radius 2 is 0.794 bits per heavy atom. The minimum absolute atomic E-state index is 0. The second kappa shape index (κ2) is 8.44. The second-order valence-corrected chi connectivity index (χ2v) is 13.8. The van der Waals surface area contributed by atoms with Gasteiger partial charge in [0, 0.05) is 0 Å². The number of fused-ring (bicyclic) bond motifs is 2. The van der Waals surface area contributed by atoms with Crippen LogP contribution < -0.4 is 70.0 Å². The molecule has 0 unspecified atom stereocenters. The van der Waals surface area contributed by atoms with Crippen LogP contribution in [-0.4, -0.2) is 6.96 Å². The third-order valence-electron chi connectivity index (χ3n) is 6.52. The van der Waals surface area contributed by atoms with E-state index in [0.717, 1.165) is 22.6 Å². The van der Waals surface area contributed by atoms with Crippen LogP contribution in [0.5, 0.6) is 23.0 Å². The molecule has 2 heterocycles. The van der Waals surface area contributed by atoms with Gasteiger partial charge in [-0.05, 0) is 56.0 Å². The van der Waals surface area contributed by atoms with Gasteiger partial charge in [0.1, 0.15) is 23.0 Å². The Labute approximate surface area is 248 Å². The van der Waals surface area contributed by atoms with Crippen LogP contribution in [0.4, 0.5) is 0 Å². The average molecular weight is 491 g/mol. The molecule has 0 atom stereocenters. The van der Waals surface area contributed by atoms with E-state index < -0.39 is 6.96 Å². The Kier molecular flexibility index (Phi) is 6.93. The van der Waals surface area contributed by atoms with E-state index in [1.54, 1.807) is 0 Å². The molecule has 2 aromatic rings. The Hall–Kier alpha value is -0.659. The maximum atomic E-state index is 6.45. The number of hydrogen-bond donors (Lipinski definition) is 0. The monoisotopic (exact) mass is 490 g/mol. The number of hydrogen-bond acceptors (Lipinski definition) is 4. The summed E-state index contributed by atoms with van der Waals surface area (Å²) in [7, 11) is 0. The van der Waals surface area contributed by atoms with Crippen molar-refractivity contribution in [2.45, 2.75) is 105 Å². The van der Waals surface area contributed by atoms with Crippen LogP contribution in [-0.2, 0) is 21.7 Å². The first-order valence-corrected chi connectivity index (χ1v) is 12.1. The van der Waals surface area contributed by atoms with Crippen molar-refractivity contribution in [3.05, 3.63) is 46.5 Å². The first-order chi connectivity index (χ1) is 14.8. The number of rotatable bonds is 0. The standard InChI is InChI=1S/C28H40BO4.K/c1-25(2,3)17-13-19(27(7,8)9)23-21(15-17)30-29(32-23)31-22-16-18(26(4,5)6)14-20(24(22)33-29)28(10,11)12;/h13-16H,1-12H3;/q-1;+1. The van der Waals surface area contributed by atoms with Crippen molar-refractivity contribution >= 4 is 6.96 Å². The summed E-state index contributed by atoms with van der Waals surface area (Å²) in [5.41, 5.74) is 4.28. The Morgan fingerprint density at radius 3 is 1.06 bits per heavy atom. The van der Waals surface area contributed by atoms with E-state index in [1.807, 2.05) is 0 Å². The molecule has 2 aromatic carbocycles. The van der Waals surface area contributed by atoms with E-state index in [0.29, 0.717) is 11.5 Å². The quantitative estimate of drug-likeness (QED) is 0.508. The van der Waals surface area contributed by atoms with E-state index in [4.69, 9.17) is 18.6 Å². The third-order valence-corrected chi connectivity index (χ3v) is 6.52. The van der Waals surface area contributed by atoms with Gasteiger partial charge < -0.3 is 18.6 Å². The van der Waals surface area contributed by atoms with E-state index in [1.165, 1.54) is 11.1 Å². The molecule has 6 heteroatoms. The first-order valence-electron chi connectivity index (χ1n) is 12.1. The molecule has 4 nitrogen and oxygen atoms in total. The Bertz CT molecular complexity index is 1020. The van der Waals surface area contributed by atoms with Crippen molar-refractivity contribution in [1.29, 1.82) is 0 Å². The smallest absolute Gasteiger partial charge is 0.609 e. The summed E-state index contributed by atoms with van der Waals surface area (Å²) in [5.74, 6) is 2.82. The fourth-order valence-corrected chi connectivity index (χ4v) is 4.35. The van der Waals surface area contributed by atoms with E-state index in [-0.39, 0.29) is 73.0 Å². The van der Waals surface area contributed by atoms with Crippen LogP contribution >= 0.6 is 0 Å². The summed E-state index contributed by atoms with van der Waals surface area (Å²) in [4.78, 5) is 0. The Balaban J connectivity index is 0.00000324. The van der Waals surface area contributed by atoms with Gasteiger partial charge in [0.25, 0.3) is 0 Å². The number of benzene rings is 2. The van der Waals surface area contributed by atoms with E-state index >= 15 is 0 Å². The van der Waals surface area contributed by atoms with Crippen molar-refractivity contribution in [2.24, 2.45) is 0 Å². The predicted molar refractivity (Wildman–Crippen MR) is 136 cm³/mol. The van der Waals surface area contributed by atoms with Gasteiger partial charge in [0.2, 0.25) is 0 Å². The molecule has 34 heavy (non-hydrogen) atoms. The predicted octanol–water partition coefficient (Wildman–Crippen LogP) is 4.56. The minimum Gasteiger partial charge on any atom is -0.609 e. The maximum Gasteiger partial charge on any atom is 1.00 e. The fourth-order valence-electron chi connectivity index (χ4n) is 4.35. The molecule has 0 fully saturated rings. The summed E-state index contributed by atoms with van der Waals surface area (Å²) in [6, 6.07) is 8.61. The van der Waals surface area contributed by atoms with Gasteiger partial charge >= 0.3 is 58.3 Å². The fraction of sp³-hybridized carbons (Fsp3) is 0.571. The molecule has 4 rings (SSSR count). The molecule has 0 aliphatic carbocycles. The first kappa shape index (κ1) is 27.9. The molecule has 0 radical (unpaired) electrons.